The molecule has 25 heavy (non-hydrogen) atoms. The van der Waals surface area contributed by atoms with Crippen molar-refractivity contribution in [2.24, 2.45) is 0 Å². The topological polar surface area (TPSA) is 56.0 Å². The average Bonchev–Trinajstić information content (AvgIpc) is 3.09. The van der Waals surface area contributed by atoms with Gasteiger partial charge in [-0.25, -0.2) is 0 Å². The first kappa shape index (κ1) is 15.7. The number of hydrogen-bond donors (Lipinski definition) is 0. The van der Waals surface area contributed by atoms with Crippen LogP contribution in [0.25, 0.3) is 10.8 Å². The Morgan fingerprint density at radius 1 is 0.800 bits per heavy atom. The van der Waals surface area contributed by atoms with E-state index in [9.17, 15) is 4.21 Å². The van der Waals surface area contributed by atoms with Crippen molar-refractivity contribution in [1.82, 2.24) is 10.2 Å². The molecule has 124 valence electrons. The van der Waals surface area contributed by atoms with Crippen molar-refractivity contribution in [3.63, 3.8) is 0 Å². The summed E-state index contributed by atoms with van der Waals surface area (Å²) < 4.78 is 18.3. The van der Waals surface area contributed by atoms with Crippen molar-refractivity contribution in [2.45, 2.75) is 17.1 Å². The molecule has 0 aliphatic carbocycles. The van der Waals surface area contributed by atoms with Crippen molar-refractivity contribution >= 4 is 21.6 Å². The van der Waals surface area contributed by atoms with Crippen LogP contribution in [-0.4, -0.2) is 14.4 Å². The predicted octanol–water partition coefficient (Wildman–Crippen LogP) is 4.12. The number of nitrogens with zero attached hydrogens (tertiary/aromatic N) is 2. The molecule has 0 N–H and O–H groups in total. The van der Waals surface area contributed by atoms with E-state index in [1.807, 2.05) is 72.8 Å². The van der Waals surface area contributed by atoms with E-state index < -0.39 is 10.8 Å². The largest absolute Gasteiger partial charge is 0.424 e. The number of benzene rings is 3. The molecule has 0 saturated carbocycles. The third-order valence-corrected chi connectivity index (χ3v) is 5.23. The molecule has 0 amide bonds. The summed E-state index contributed by atoms with van der Waals surface area (Å²) in [5.41, 5.74) is 1.10. The third-order valence-electron chi connectivity index (χ3n) is 3.95. The number of rotatable bonds is 5. The van der Waals surface area contributed by atoms with E-state index in [0.717, 1.165) is 21.2 Å². The van der Waals surface area contributed by atoms with Crippen molar-refractivity contribution in [3.05, 3.63) is 90.1 Å². The lowest BCUT2D eigenvalue weighted by Crippen LogP contribution is -1.97. The maximum absolute atomic E-state index is 12.6. The van der Waals surface area contributed by atoms with Crippen molar-refractivity contribution in [3.8, 4) is 0 Å². The summed E-state index contributed by atoms with van der Waals surface area (Å²) in [5, 5.41) is 10.3. The van der Waals surface area contributed by atoms with Crippen LogP contribution in [0.1, 0.15) is 17.3 Å². The molecule has 0 fully saturated rings. The fourth-order valence-electron chi connectivity index (χ4n) is 2.69. The highest BCUT2D eigenvalue weighted by atomic mass is 32.2. The Bertz CT molecular complexity index is 1030. The lowest BCUT2D eigenvalue weighted by atomic mass is 10.1. The van der Waals surface area contributed by atoms with Gasteiger partial charge in [-0.05, 0) is 28.5 Å². The summed E-state index contributed by atoms with van der Waals surface area (Å²) >= 11 is 0. The molecule has 3 aromatic carbocycles. The molecule has 0 unspecified atom stereocenters. The standard InChI is InChI=1S/C20H16N2O2S/c23-25(18-11-10-16-8-4-5-9-17(16)13-18)14-20-22-21-19(24-20)12-15-6-2-1-3-7-15/h1-11,13H,12,14H2/t25-/m0/s1. The highest BCUT2D eigenvalue weighted by Gasteiger charge is 2.12. The second-order valence-corrected chi connectivity index (χ2v) is 7.20. The molecule has 1 atom stereocenters. The highest BCUT2D eigenvalue weighted by molar-refractivity contribution is 7.84. The van der Waals surface area contributed by atoms with Crippen LogP contribution in [0, 0.1) is 0 Å². The van der Waals surface area contributed by atoms with Gasteiger partial charge in [-0.15, -0.1) is 10.2 Å². The minimum atomic E-state index is -1.22. The molecule has 0 radical (unpaired) electrons. The normalized spacial score (nSPS) is 12.3. The first-order valence-electron chi connectivity index (χ1n) is 8.00. The summed E-state index contributed by atoms with van der Waals surface area (Å²) in [7, 11) is -1.22. The molecule has 4 rings (SSSR count). The molecule has 1 aromatic heterocycles. The highest BCUT2D eigenvalue weighted by Crippen LogP contribution is 2.20. The van der Waals surface area contributed by atoms with Crippen LogP contribution < -0.4 is 0 Å². The van der Waals surface area contributed by atoms with Gasteiger partial charge in [0.05, 0.1) is 17.2 Å². The van der Waals surface area contributed by atoms with Crippen LogP contribution in [0.4, 0.5) is 0 Å². The maximum Gasteiger partial charge on any atom is 0.229 e. The predicted molar refractivity (Wildman–Crippen MR) is 97.6 cm³/mol. The summed E-state index contributed by atoms with van der Waals surface area (Å²) in [4.78, 5) is 0.765. The summed E-state index contributed by atoms with van der Waals surface area (Å²) in [6.45, 7) is 0. The van der Waals surface area contributed by atoms with E-state index in [1.165, 1.54) is 0 Å². The average molecular weight is 348 g/mol. The van der Waals surface area contributed by atoms with Crippen molar-refractivity contribution in [2.75, 3.05) is 0 Å². The summed E-state index contributed by atoms with van der Waals surface area (Å²) in [6, 6.07) is 23.8. The first-order valence-corrected chi connectivity index (χ1v) is 9.32. The van der Waals surface area contributed by atoms with E-state index >= 15 is 0 Å². The number of fused-ring (bicyclic) bond motifs is 1. The third kappa shape index (κ3) is 3.67. The van der Waals surface area contributed by atoms with Gasteiger partial charge in [-0.3, -0.25) is 4.21 Å². The second kappa shape index (κ2) is 6.99. The van der Waals surface area contributed by atoms with Crippen LogP contribution in [0.2, 0.25) is 0 Å². The molecular weight excluding hydrogens is 332 g/mol. The number of aromatic nitrogens is 2. The molecule has 0 bridgehead atoms. The lowest BCUT2D eigenvalue weighted by Gasteiger charge is -2.02. The molecular formula is C20H16N2O2S. The Balaban J connectivity index is 1.48. The Kier molecular flexibility index (Phi) is 4.39. The van der Waals surface area contributed by atoms with Crippen LogP contribution >= 0.6 is 0 Å². The summed E-state index contributed by atoms with van der Waals surface area (Å²) in [5.74, 6) is 1.16. The van der Waals surface area contributed by atoms with Gasteiger partial charge in [0.15, 0.2) is 0 Å². The molecule has 0 spiro atoms. The van der Waals surface area contributed by atoms with E-state index in [1.54, 1.807) is 0 Å². The van der Waals surface area contributed by atoms with Gasteiger partial charge in [-0.1, -0.05) is 60.7 Å². The SMILES string of the molecule is O=[S@@](Cc1nnc(Cc2ccccc2)o1)c1ccc2ccccc2c1. The monoisotopic (exact) mass is 348 g/mol. The first-order chi connectivity index (χ1) is 12.3. The molecule has 1 heterocycles. The fourth-order valence-corrected chi connectivity index (χ4v) is 3.68. The van der Waals surface area contributed by atoms with Gasteiger partial charge >= 0.3 is 0 Å². The Labute approximate surface area is 148 Å². The zero-order chi connectivity index (χ0) is 17.1. The molecule has 0 aliphatic heterocycles. The molecule has 4 aromatic rings. The van der Waals surface area contributed by atoms with Gasteiger partial charge in [0, 0.05) is 4.90 Å². The summed E-state index contributed by atoms with van der Waals surface area (Å²) in [6.07, 6.45) is 0.580. The van der Waals surface area contributed by atoms with Gasteiger partial charge in [0.2, 0.25) is 11.8 Å². The fraction of sp³-hybridized carbons (Fsp3) is 0.100. The van der Waals surface area contributed by atoms with Crippen LogP contribution in [0.5, 0.6) is 0 Å². The quantitative estimate of drug-likeness (QED) is 0.544. The molecule has 0 aliphatic rings. The van der Waals surface area contributed by atoms with Gasteiger partial charge in [0.25, 0.3) is 0 Å². The lowest BCUT2D eigenvalue weighted by molar-refractivity contribution is 0.472. The van der Waals surface area contributed by atoms with Gasteiger partial charge < -0.3 is 4.42 Å². The molecule has 0 saturated heterocycles. The van der Waals surface area contributed by atoms with E-state index in [2.05, 4.69) is 10.2 Å². The van der Waals surface area contributed by atoms with Crippen LogP contribution in [-0.2, 0) is 23.0 Å². The smallest absolute Gasteiger partial charge is 0.229 e. The molecule has 5 heteroatoms. The van der Waals surface area contributed by atoms with Gasteiger partial charge in [-0.2, -0.15) is 0 Å². The van der Waals surface area contributed by atoms with Crippen molar-refractivity contribution < 1.29 is 8.63 Å². The second-order valence-electron chi connectivity index (χ2n) is 5.75. The Morgan fingerprint density at radius 2 is 1.52 bits per heavy atom. The maximum atomic E-state index is 12.6. The Hall–Kier alpha value is -2.79. The van der Waals surface area contributed by atoms with Gasteiger partial charge in [0.1, 0.15) is 5.75 Å². The van der Waals surface area contributed by atoms with E-state index in [-0.39, 0.29) is 5.75 Å². The van der Waals surface area contributed by atoms with Crippen LogP contribution in [0.15, 0.2) is 82.1 Å². The van der Waals surface area contributed by atoms with E-state index in [4.69, 9.17) is 4.42 Å². The van der Waals surface area contributed by atoms with E-state index in [0.29, 0.717) is 18.2 Å². The zero-order valence-electron chi connectivity index (χ0n) is 13.5. The van der Waals surface area contributed by atoms with Crippen molar-refractivity contribution in [1.29, 1.82) is 0 Å². The molecule has 4 nitrogen and oxygen atoms in total. The minimum absolute atomic E-state index is 0.222. The van der Waals surface area contributed by atoms with Crippen LogP contribution in [0.3, 0.4) is 0 Å². The zero-order valence-corrected chi connectivity index (χ0v) is 14.3. The minimum Gasteiger partial charge on any atom is -0.424 e. The number of hydrogen-bond acceptors (Lipinski definition) is 4. The Morgan fingerprint density at radius 3 is 2.36 bits per heavy atom.